The van der Waals surface area contributed by atoms with Gasteiger partial charge in [0.05, 0.1) is 11.9 Å². The van der Waals surface area contributed by atoms with Crippen molar-refractivity contribution in [1.29, 1.82) is 0 Å². The molecule has 8 heteroatoms. The monoisotopic (exact) mass is 336 g/mol. The summed E-state index contributed by atoms with van der Waals surface area (Å²) in [4.78, 5) is 33.7. The Morgan fingerprint density at radius 2 is 2.18 bits per heavy atom. The SMILES string of the molecule is CCN(C(C)=O)c1nc(C=Cc2ncc(C(=O)NC)s2)cs1. The predicted molar refractivity (Wildman–Crippen MR) is 90.2 cm³/mol. The van der Waals surface area contributed by atoms with Gasteiger partial charge >= 0.3 is 0 Å². The molecule has 0 saturated heterocycles. The molecular formula is C14H16N4O2S2. The fraction of sp³-hybridized carbons (Fsp3) is 0.286. The third kappa shape index (κ3) is 3.77. The average Bonchev–Trinajstić information content (AvgIpc) is 3.14. The summed E-state index contributed by atoms with van der Waals surface area (Å²) in [5, 5.41) is 5.85. The molecule has 0 saturated carbocycles. The van der Waals surface area contributed by atoms with Crippen LogP contribution in [0.15, 0.2) is 11.6 Å². The van der Waals surface area contributed by atoms with Gasteiger partial charge in [0.15, 0.2) is 5.13 Å². The Bertz CT molecular complexity index is 705. The lowest BCUT2D eigenvalue weighted by molar-refractivity contribution is -0.116. The summed E-state index contributed by atoms with van der Waals surface area (Å²) in [5.41, 5.74) is 0.761. The number of amides is 2. The Kier molecular flexibility index (Phi) is 5.40. The molecule has 0 radical (unpaired) electrons. The molecule has 22 heavy (non-hydrogen) atoms. The normalized spacial score (nSPS) is 10.9. The van der Waals surface area contributed by atoms with E-state index in [2.05, 4.69) is 15.3 Å². The number of anilines is 1. The summed E-state index contributed by atoms with van der Waals surface area (Å²) < 4.78 is 0. The van der Waals surface area contributed by atoms with E-state index in [1.54, 1.807) is 24.2 Å². The van der Waals surface area contributed by atoms with Crippen LogP contribution in [-0.4, -0.2) is 35.4 Å². The largest absolute Gasteiger partial charge is 0.354 e. The molecule has 1 N–H and O–H groups in total. The number of aromatic nitrogens is 2. The molecule has 0 spiro atoms. The lowest BCUT2D eigenvalue weighted by Gasteiger charge is -2.14. The van der Waals surface area contributed by atoms with E-state index in [1.165, 1.54) is 29.6 Å². The lowest BCUT2D eigenvalue weighted by atomic mass is 10.4. The molecule has 2 heterocycles. The van der Waals surface area contributed by atoms with Gasteiger partial charge in [0.25, 0.3) is 5.91 Å². The van der Waals surface area contributed by atoms with Crippen LogP contribution in [0.25, 0.3) is 12.2 Å². The molecule has 0 unspecified atom stereocenters. The molecule has 2 aromatic heterocycles. The molecule has 2 aromatic rings. The van der Waals surface area contributed by atoms with Gasteiger partial charge in [0.2, 0.25) is 5.91 Å². The van der Waals surface area contributed by atoms with Crippen LogP contribution in [0.5, 0.6) is 0 Å². The van der Waals surface area contributed by atoms with Gasteiger partial charge in [-0.2, -0.15) is 0 Å². The number of nitrogens with one attached hydrogen (secondary N) is 1. The molecule has 0 bridgehead atoms. The van der Waals surface area contributed by atoms with Gasteiger partial charge in [0.1, 0.15) is 9.88 Å². The van der Waals surface area contributed by atoms with Gasteiger partial charge < -0.3 is 5.32 Å². The first-order valence-corrected chi connectivity index (χ1v) is 8.34. The summed E-state index contributed by atoms with van der Waals surface area (Å²) in [6.45, 7) is 4.03. The number of carbonyl (C=O) groups is 2. The van der Waals surface area contributed by atoms with E-state index >= 15 is 0 Å². The maximum absolute atomic E-state index is 11.5. The van der Waals surface area contributed by atoms with Crippen LogP contribution < -0.4 is 10.2 Å². The quantitative estimate of drug-likeness (QED) is 0.910. The Balaban J connectivity index is 2.11. The van der Waals surface area contributed by atoms with Gasteiger partial charge in [-0.3, -0.25) is 14.5 Å². The highest BCUT2D eigenvalue weighted by Crippen LogP contribution is 2.22. The minimum Gasteiger partial charge on any atom is -0.354 e. The van der Waals surface area contributed by atoms with Crippen molar-refractivity contribution in [2.45, 2.75) is 13.8 Å². The number of hydrogen-bond donors (Lipinski definition) is 1. The van der Waals surface area contributed by atoms with E-state index in [4.69, 9.17) is 0 Å². The summed E-state index contributed by atoms with van der Waals surface area (Å²) in [6.07, 6.45) is 5.17. The summed E-state index contributed by atoms with van der Waals surface area (Å²) in [5.74, 6) is -0.171. The number of thiazole rings is 2. The van der Waals surface area contributed by atoms with Crippen molar-refractivity contribution in [2.24, 2.45) is 0 Å². The summed E-state index contributed by atoms with van der Waals surface area (Å²) in [6, 6.07) is 0. The zero-order valence-corrected chi connectivity index (χ0v) is 14.1. The first kappa shape index (κ1) is 16.3. The Hall–Kier alpha value is -2.06. The van der Waals surface area contributed by atoms with Crippen LogP contribution in [0.1, 0.15) is 34.2 Å². The summed E-state index contributed by atoms with van der Waals surface area (Å²) in [7, 11) is 1.59. The van der Waals surface area contributed by atoms with Crippen molar-refractivity contribution in [3.8, 4) is 0 Å². The highest BCUT2D eigenvalue weighted by Gasteiger charge is 2.12. The molecule has 0 aliphatic rings. The van der Waals surface area contributed by atoms with Crippen LogP contribution in [0.3, 0.4) is 0 Å². The van der Waals surface area contributed by atoms with E-state index in [0.29, 0.717) is 16.6 Å². The van der Waals surface area contributed by atoms with Gasteiger partial charge in [-0.15, -0.1) is 22.7 Å². The number of hydrogen-bond acceptors (Lipinski definition) is 6. The molecule has 0 aromatic carbocycles. The fourth-order valence-corrected chi connectivity index (χ4v) is 3.39. The molecule has 0 atom stereocenters. The van der Waals surface area contributed by atoms with Gasteiger partial charge in [0, 0.05) is 25.9 Å². The van der Waals surface area contributed by atoms with Crippen LogP contribution in [0, 0.1) is 0 Å². The zero-order chi connectivity index (χ0) is 16.1. The fourth-order valence-electron chi connectivity index (χ4n) is 1.72. The first-order valence-electron chi connectivity index (χ1n) is 6.64. The standard InChI is InChI=1S/C14H16N4O2S2/c1-4-18(9(2)19)14-17-10(8-21-14)5-6-12-16-7-11(22-12)13(20)15-3/h5-8H,4H2,1-3H3,(H,15,20). The third-order valence-electron chi connectivity index (χ3n) is 2.81. The second-order valence-corrected chi connectivity index (χ2v) is 6.19. The van der Waals surface area contributed by atoms with Crippen molar-refractivity contribution in [2.75, 3.05) is 18.5 Å². The average molecular weight is 336 g/mol. The van der Waals surface area contributed by atoms with E-state index < -0.39 is 0 Å². The van der Waals surface area contributed by atoms with Crippen LogP contribution in [-0.2, 0) is 4.79 Å². The van der Waals surface area contributed by atoms with Gasteiger partial charge in [-0.25, -0.2) is 9.97 Å². The van der Waals surface area contributed by atoms with Crippen molar-refractivity contribution in [1.82, 2.24) is 15.3 Å². The smallest absolute Gasteiger partial charge is 0.262 e. The second kappa shape index (κ2) is 7.28. The Morgan fingerprint density at radius 1 is 1.41 bits per heavy atom. The predicted octanol–water partition coefficient (Wildman–Crippen LogP) is 2.50. The van der Waals surface area contributed by atoms with Gasteiger partial charge in [-0.1, -0.05) is 0 Å². The van der Waals surface area contributed by atoms with Crippen molar-refractivity contribution < 1.29 is 9.59 Å². The molecule has 6 nitrogen and oxygen atoms in total. The number of nitrogens with zero attached hydrogens (tertiary/aromatic N) is 3. The minimum absolute atomic E-state index is 0.0254. The summed E-state index contributed by atoms with van der Waals surface area (Å²) >= 11 is 2.73. The van der Waals surface area contributed by atoms with Gasteiger partial charge in [-0.05, 0) is 19.1 Å². The molecule has 2 rings (SSSR count). The van der Waals surface area contributed by atoms with E-state index in [1.807, 2.05) is 18.4 Å². The third-order valence-corrected chi connectivity index (χ3v) is 4.65. The van der Waals surface area contributed by atoms with Crippen LogP contribution in [0.4, 0.5) is 5.13 Å². The molecule has 0 fully saturated rings. The van der Waals surface area contributed by atoms with Crippen molar-refractivity contribution >= 4 is 51.8 Å². The Morgan fingerprint density at radius 3 is 2.82 bits per heavy atom. The van der Waals surface area contributed by atoms with Crippen LogP contribution in [0.2, 0.25) is 0 Å². The maximum Gasteiger partial charge on any atom is 0.262 e. The molecular weight excluding hydrogens is 320 g/mol. The van der Waals surface area contributed by atoms with E-state index in [-0.39, 0.29) is 11.8 Å². The first-order chi connectivity index (χ1) is 10.5. The van der Waals surface area contributed by atoms with Crippen molar-refractivity contribution in [3.05, 3.63) is 27.2 Å². The van der Waals surface area contributed by atoms with Crippen LogP contribution >= 0.6 is 22.7 Å². The molecule has 0 aliphatic heterocycles. The highest BCUT2D eigenvalue weighted by atomic mass is 32.1. The molecule has 2 amide bonds. The zero-order valence-electron chi connectivity index (χ0n) is 12.5. The lowest BCUT2D eigenvalue weighted by Crippen LogP contribution is -2.27. The number of carbonyl (C=O) groups excluding carboxylic acids is 2. The highest BCUT2D eigenvalue weighted by molar-refractivity contribution is 7.14. The molecule has 0 aliphatic carbocycles. The Labute approximate surface area is 136 Å². The van der Waals surface area contributed by atoms with E-state index in [0.717, 1.165) is 10.7 Å². The van der Waals surface area contributed by atoms with E-state index in [9.17, 15) is 9.59 Å². The van der Waals surface area contributed by atoms with Crippen molar-refractivity contribution in [3.63, 3.8) is 0 Å². The number of rotatable bonds is 5. The second-order valence-electron chi connectivity index (χ2n) is 4.29. The minimum atomic E-state index is -0.145. The topological polar surface area (TPSA) is 75.2 Å². The molecule has 116 valence electrons. The maximum atomic E-state index is 11.5.